The highest BCUT2D eigenvalue weighted by Crippen LogP contribution is 2.40. The van der Waals surface area contributed by atoms with Gasteiger partial charge in [0.05, 0.1) is 12.7 Å². The van der Waals surface area contributed by atoms with Crippen molar-refractivity contribution >= 4 is 109 Å². The van der Waals surface area contributed by atoms with Crippen LogP contribution >= 0.6 is 21.6 Å². The Balaban J connectivity index is 1.29. The van der Waals surface area contributed by atoms with Crippen LogP contribution in [0.2, 0.25) is 0 Å². The molecule has 3 aliphatic heterocycles. The van der Waals surface area contributed by atoms with E-state index in [4.69, 9.17) is 28.7 Å². The molecule has 35 nitrogen and oxygen atoms in total. The lowest BCUT2D eigenvalue weighted by molar-refractivity contribution is -0.143. The summed E-state index contributed by atoms with van der Waals surface area (Å²) in [7, 11) is 1.97. The summed E-state index contributed by atoms with van der Waals surface area (Å²) in [5.74, 6) is -10.8. The first-order valence-electron chi connectivity index (χ1n) is 37.0. The van der Waals surface area contributed by atoms with Gasteiger partial charge in [0.1, 0.15) is 72.5 Å². The minimum Gasteiger partial charge on any atom is -0.370 e. The Morgan fingerprint density at radius 1 is 0.505 bits per heavy atom. The van der Waals surface area contributed by atoms with Crippen LogP contribution in [0.4, 0.5) is 0 Å². The molecule has 37 heteroatoms. The number of hydrogen-bond donors (Lipinski definition) is 19. The second-order valence-electron chi connectivity index (χ2n) is 28.0. The third kappa shape index (κ3) is 25.2. The van der Waals surface area contributed by atoms with Crippen LogP contribution in [0.1, 0.15) is 127 Å². The maximum Gasteiger partial charge on any atom is 0.247 e. The molecule has 12 atom stereocenters. The number of H-pyrrole nitrogens is 3. The summed E-state index contributed by atoms with van der Waals surface area (Å²) >= 11 is 0. The number of fused-ring (bicyclic) bond motifs is 7. The minimum atomic E-state index is -1.63. The van der Waals surface area contributed by atoms with E-state index in [1.54, 1.807) is 62.5 Å². The molecule has 2 bridgehead atoms. The van der Waals surface area contributed by atoms with Crippen LogP contribution in [0.15, 0.2) is 90.8 Å². The molecule has 3 saturated heterocycles. The summed E-state index contributed by atoms with van der Waals surface area (Å²) in [5, 5.41) is 31.7. The molecule has 8 rings (SSSR count). The number of amides is 12. The van der Waals surface area contributed by atoms with Gasteiger partial charge in [0.25, 0.3) is 0 Å². The van der Waals surface area contributed by atoms with E-state index in [1.807, 2.05) is 12.1 Å². The van der Waals surface area contributed by atoms with Crippen LogP contribution in [0, 0.1) is 0 Å². The summed E-state index contributed by atoms with van der Waals surface area (Å²) in [6.07, 6.45) is 9.07. The average molecular weight is 1550 g/mol. The predicted octanol–water partition coefficient (Wildman–Crippen LogP) is -2.14. The third-order valence-electron chi connectivity index (χ3n) is 19.2. The van der Waals surface area contributed by atoms with E-state index in [0.29, 0.717) is 71.9 Å². The van der Waals surface area contributed by atoms with E-state index < -0.39 is 148 Å². The molecule has 3 fully saturated rings. The first kappa shape index (κ1) is 84.5. The molecule has 24 N–H and O–H groups in total. The number of nitrogens with one attached hydrogen (secondary N) is 14. The Morgan fingerprint density at radius 2 is 0.963 bits per heavy atom. The predicted molar refractivity (Wildman–Crippen MR) is 411 cm³/mol. The third-order valence-corrected chi connectivity index (χ3v) is 22.5. The van der Waals surface area contributed by atoms with Gasteiger partial charge in [-0.15, -0.1) is 0 Å². The molecule has 0 aliphatic carbocycles. The van der Waals surface area contributed by atoms with Crippen LogP contribution in [0.25, 0.3) is 10.9 Å². The Labute approximate surface area is 639 Å². The van der Waals surface area contributed by atoms with Crippen molar-refractivity contribution < 1.29 is 57.5 Å². The van der Waals surface area contributed by atoms with Crippen molar-refractivity contribution in [1.82, 2.24) is 88.3 Å². The summed E-state index contributed by atoms with van der Waals surface area (Å²) in [4.78, 5) is 205. The number of imidazole rings is 2. The van der Waals surface area contributed by atoms with Crippen LogP contribution in [-0.4, -0.2) is 222 Å². The van der Waals surface area contributed by atoms with Crippen LogP contribution in [0.3, 0.4) is 0 Å². The fraction of sp³-hybridized carbons (Fsp3) is 0.542. The fourth-order valence-corrected chi connectivity index (χ4v) is 15.9. The molecular formula is C72H105N23O12S2. The highest BCUT2D eigenvalue weighted by Gasteiger charge is 2.47. The van der Waals surface area contributed by atoms with Crippen molar-refractivity contribution in [3.8, 4) is 0 Å². The lowest BCUT2D eigenvalue weighted by Gasteiger charge is -2.38. The maximum absolute atomic E-state index is 16.0. The molecule has 2 aromatic carbocycles. The van der Waals surface area contributed by atoms with Gasteiger partial charge in [-0.1, -0.05) is 70.1 Å². The van der Waals surface area contributed by atoms with Gasteiger partial charge < -0.3 is 107 Å². The van der Waals surface area contributed by atoms with Gasteiger partial charge in [0.2, 0.25) is 70.9 Å². The second kappa shape index (κ2) is 42.0. The van der Waals surface area contributed by atoms with E-state index >= 15 is 43.2 Å². The molecule has 592 valence electrons. The molecule has 0 saturated carbocycles. The quantitative estimate of drug-likeness (QED) is 0.0136. The van der Waals surface area contributed by atoms with Crippen molar-refractivity contribution in [1.29, 1.82) is 0 Å². The van der Waals surface area contributed by atoms with Gasteiger partial charge in [0.15, 0.2) is 5.96 Å². The van der Waals surface area contributed by atoms with Crippen molar-refractivity contribution in [3.05, 3.63) is 108 Å². The number of nitrogens with zero attached hydrogens (tertiary/aromatic N) is 4. The van der Waals surface area contributed by atoms with Crippen LogP contribution in [0.5, 0.6) is 0 Å². The van der Waals surface area contributed by atoms with Crippen molar-refractivity contribution in [2.24, 2.45) is 33.7 Å². The number of hydrogen-bond acceptors (Lipinski definition) is 20. The summed E-state index contributed by atoms with van der Waals surface area (Å²) in [5.41, 5.74) is 31.8. The monoisotopic (exact) mass is 1550 g/mol. The molecule has 109 heavy (non-hydrogen) atoms. The minimum absolute atomic E-state index is 0.00433. The standard InChI is InChI=1S/C72H105N23O12S2/c1-41-59(96)85-48(21-9-12-26-73)60(97)86-49(22-10-13-27-74)61(98)87-50(23-11-14-28-75)62(99)88-51(24-15-29-80-71(76)77)63(100)94-58-70(107)95-30-16-25-57(95)69(106)92-55(34-45-37-79-40-83-45)67(104)89-52(31-42-17-5-4-6-18-42)64(101)91-54(33-44-36-78-39-82-44)66(103)90-53(32-43-35-81-47-20-8-7-19-46(43)47)65(102)93-56(68(105)84-41)38-108-109-72(58,2)3/h4-8,17-20,35-37,39-41,48-58,81H,9-16,21-34,38,73-75H2,1-3H3,(H,78,82)(H,79,83)(H,84,105)(H,85,96)(H,86,97)(H,87,98)(H,88,99)(H,89,104)(H,90,103)(H,91,101)(H,92,106)(H,93,102)(H,94,100)(H4,76,77,80)/t41-,48-,49-,50-,51-,52+,53-,54-,55-,56-,57-,58+/m0/s1. The number of para-hydroxylation sites is 1. The van der Waals surface area contributed by atoms with Crippen molar-refractivity contribution in [2.75, 3.05) is 38.5 Å². The number of aromatic nitrogens is 5. The number of carbonyl (C=O) groups is 12. The Kier molecular flexibility index (Phi) is 32.6. The molecule has 6 heterocycles. The summed E-state index contributed by atoms with van der Waals surface area (Å²) in [6, 6.07) is -1.55. The zero-order valence-electron chi connectivity index (χ0n) is 61.7. The molecular weight excluding hydrogens is 1440 g/mol. The molecule has 0 spiro atoms. The molecule has 12 amide bonds. The molecule has 3 aliphatic rings. The number of rotatable bonds is 24. The second-order valence-corrected chi connectivity index (χ2v) is 31.0. The molecule has 3 aromatic heterocycles. The number of nitrogens with two attached hydrogens (primary N) is 5. The SMILES string of the molecule is C[C@@H]1NC(=O)[C@@H]2CSSC(C)(C)[C@H](NC(=O)[C@H](CCCN=C(N)N)NC(=O)[C@H](CCCCN)NC(=O)[C@H](CCCCN)NC(=O)[C@H](CCCCN)NC1=O)C(=O)N1CCC[C@H]1C(=O)N[C@@H](Cc1cnc[nH]1)C(=O)N[C@H](Cc1ccccc1)C(=O)N[C@@H](Cc1cnc[nH]1)C(=O)N[C@@H](Cc1c[nH]c3ccccc13)C(=O)N2. The number of carbonyl (C=O) groups excluding carboxylic acids is 12. The van der Waals surface area contributed by atoms with E-state index in [-0.39, 0.29) is 115 Å². The van der Waals surface area contributed by atoms with E-state index in [2.05, 4.69) is 88.4 Å². The number of aliphatic imine (C=N–C) groups is 1. The van der Waals surface area contributed by atoms with Gasteiger partial charge in [0, 0.05) is 90.2 Å². The zero-order valence-corrected chi connectivity index (χ0v) is 63.3. The summed E-state index contributed by atoms with van der Waals surface area (Å²) in [6.45, 7) is 5.25. The van der Waals surface area contributed by atoms with Crippen molar-refractivity contribution in [2.45, 2.75) is 207 Å². The lowest BCUT2D eigenvalue weighted by atomic mass is 9.99. The Hall–Kier alpha value is -10.1. The van der Waals surface area contributed by atoms with Gasteiger partial charge in [-0.3, -0.25) is 62.5 Å². The number of unbranched alkanes of at least 4 members (excludes halogenated alkanes) is 3. The lowest BCUT2D eigenvalue weighted by Crippen LogP contribution is -2.63. The average Bonchev–Trinajstić information content (AvgIpc) is 1.71. The molecule has 5 aromatic rings. The fourth-order valence-electron chi connectivity index (χ4n) is 13.1. The first-order valence-corrected chi connectivity index (χ1v) is 39.3. The highest BCUT2D eigenvalue weighted by molar-refractivity contribution is 8.77. The Morgan fingerprint density at radius 3 is 1.49 bits per heavy atom. The number of guanidine groups is 1. The number of aromatic amines is 3. The zero-order chi connectivity index (χ0) is 78.6. The van der Waals surface area contributed by atoms with Crippen molar-refractivity contribution in [3.63, 3.8) is 0 Å². The van der Waals surface area contributed by atoms with E-state index in [1.165, 1.54) is 36.9 Å². The normalized spacial score (nSPS) is 25.1. The largest absolute Gasteiger partial charge is 0.370 e. The van der Waals surface area contributed by atoms with E-state index in [9.17, 15) is 14.4 Å². The van der Waals surface area contributed by atoms with Crippen LogP contribution in [-0.2, 0) is 83.2 Å². The van der Waals surface area contributed by atoms with Gasteiger partial charge in [-0.2, -0.15) is 0 Å². The van der Waals surface area contributed by atoms with Gasteiger partial charge in [-0.05, 0) is 141 Å². The smallest absolute Gasteiger partial charge is 0.247 e. The van der Waals surface area contributed by atoms with Gasteiger partial charge >= 0.3 is 0 Å². The topological polar surface area (TPSA) is 556 Å². The van der Waals surface area contributed by atoms with E-state index in [0.717, 1.165) is 21.6 Å². The summed E-state index contributed by atoms with van der Waals surface area (Å²) < 4.78 is -1.50. The van der Waals surface area contributed by atoms with Crippen LogP contribution < -0.4 is 87.2 Å². The molecule has 0 unspecified atom stereocenters. The Bertz CT molecular complexity index is 3920. The number of benzene rings is 2. The van der Waals surface area contributed by atoms with Gasteiger partial charge in [-0.25, -0.2) is 9.97 Å². The maximum atomic E-state index is 16.0. The highest BCUT2D eigenvalue weighted by atomic mass is 33.1. The molecule has 0 radical (unpaired) electrons. The first-order chi connectivity index (χ1) is 52.4.